The number of carbonyl (C=O) groups is 2. The number of carbonyl (C=O) groups excluding carboxylic acids is 2. The quantitative estimate of drug-likeness (QED) is 0.710. The van der Waals surface area contributed by atoms with Crippen LogP contribution in [0.3, 0.4) is 0 Å². The maximum Gasteiger partial charge on any atom is 0.228 e. The summed E-state index contributed by atoms with van der Waals surface area (Å²) in [5, 5.41) is 5.09. The first kappa shape index (κ1) is 21.6. The molecule has 29 heavy (non-hydrogen) atoms. The van der Waals surface area contributed by atoms with Gasteiger partial charge < -0.3 is 10.6 Å². The standard InChI is InChI=1S/C19H18ClFN2O4S2/c1-11(19(25)22-12-2-4-15(21)14(20)8-12)10-29(26,27)13-3-5-17-16(9-13)23-18(24)6-7-28-17/h2-5,8-9,11H,6-7,10H2,1H3,(H,22,25)(H,23,24). The van der Waals surface area contributed by atoms with Gasteiger partial charge in [0.25, 0.3) is 0 Å². The van der Waals surface area contributed by atoms with Crippen LogP contribution in [-0.2, 0) is 19.4 Å². The summed E-state index contributed by atoms with van der Waals surface area (Å²) in [6.45, 7) is 1.49. The summed E-state index contributed by atoms with van der Waals surface area (Å²) >= 11 is 7.16. The summed E-state index contributed by atoms with van der Waals surface area (Å²) in [5.74, 6) is -1.99. The fourth-order valence-corrected chi connectivity index (χ4v) is 5.43. The average molecular weight is 457 g/mol. The third kappa shape index (κ3) is 5.29. The van der Waals surface area contributed by atoms with E-state index in [2.05, 4.69) is 10.6 Å². The van der Waals surface area contributed by atoms with E-state index >= 15 is 0 Å². The number of sulfone groups is 1. The molecule has 0 radical (unpaired) electrons. The highest BCUT2D eigenvalue weighted by Crippen LogP contribution is 2.33. The number of nitrogens with one attached hydrogen (secondary N) is 2. The van der Waals surface area contributed by atoms with E-state index in [4.69, 9.17) is 11.6 Å². The van der Waals surface area contributed by atoms with Gasteiger partial charge in [0.05, 0.1) is 21.4 Å². The molecule has 3 rings (SSSR count). The number of hydrogen-bond donors (Lipinski definition) is 2. The van der Waals surface area contributed by atoms with Gasteiger partial charge in [0.1, 0.15) is 5.82 Å². The van der Waals surface area contributed by atoms with E-state index in [1.54, 1.807) is 6.07 Å². The zero-order chi connectivity index (χ0) is 21.2. The van der Waals surface area contributed by atoms with Crippen molar-refractivity contribution in [3.63, 3.8) is 0 Å². The number of anilines is 2. The molecule has 0 spiro atoms. The fraction of sp³-hybridized carbons (Fsp3) is 0.263. The van der Waals surface area contributed by atoms with E-state index in [0.717, 1.165) is 11.0 Å². The molecule has 6 nitrogen and oxygen atoms in total. The molecule has 1 heterocycles. The monoisotopic (exact) mass is 456 g/mol. The van der Waals surface area contributed by atoms with E-state index in [-0.39, 0.29) is 21.5 Å². The molecule has 2 N–H and O–H groups in total. The number of rotatable bonds is 5. The number of fused-ring (bicyclic) bond motifs is 1. The highest BCUT2D eigenvalue weighted by Gasteiger charge is 2.25. The first-order valence-corrected chi connectivity index (χ1v) is 11.7. The van der Waals surface area contributed by atoms with Crippen molar-refractivity contribution >= 4 is 56.4 Å². The lowest BCUT2D eigenvalue weighted by Crippen LogP contribution is -2.27. The zero-order valence-corrected chi connectivity index (χ0v) is 17.8. The molecule has 0 bridgehead atoms. The second-order valence-corrected chi connectivity index (χ2v) is 10.2. The van der Waals surface area contributed by atoms with Gasteiger partial charge >= 0.3 is 0 Å². The smallest absolute Gasteiger partial charge is 0.228 e. The SMILES string of the molecule is CC(CS(=O)(=O)c1ccc2c(c1)NC(=O)CCS2)C(=O)Nc1ccc(F)c(Cl)c1. The first-order chi connectivity index (χ1) is 13.7. The molecule has 0 saturated heterocycles. The van der Waals surface area contributed by atoms with Crippen molar-refractivity contribution in [2.75, 3.05) is 22.1 Å². The van der Waals surface area contributed by atoms with Crippen LogP contribution in [0, 0.1) is 11.7 Å². The summed E-state index contributed by atoms with van der Waals surface area (Å²) in [7, 11) is -3.78. The number of amides is 2. The fourth-order valence-electron chi connectivity index (χ4n) is 2.73. The molecule has 0 saturated carbocycles. The predicted molar refractivity (Wildman–Crippen MR) is 112 cm³/mol. The van der Waals surface area contributed by atoms with Crippen LogP contribution in [0.5, 0.6) is 0 Å². The predicted octanol–water partition coefficient (Wildman–Crippen LogP) is 3.96. The van der Waals surface area contributed by atoms with Crippen molar-refractivity contribution in [3.05, 3.63) is 47.2 Å². The van der Waals surface area contributed by atoms with E-state index in [9.17, 15) is 22.4 Å². The van der Waals surface area contributed by atoms with Crippen molar-refractivity contribution in [2.45, 2.75) is 23.1 Å². The molecule has 2 amide bonds. The number of thioether (sulfide) groups is 1. The molecule has 1 aliphatic rings. The maximum atomic E-state index is 13.2. The van der Waals surface area contributed by atoms with E-state index in [0.29, 0.717) is 17.9 Å². The molecule has 0 aliphatic carbocycles. The van der Waals surface area contributed by atoms with Crippen LogP contribution in [0.4, 0.5) is 15.8 Å². The van der Waals surface area contributed by atoms with Crippen LogP contribution in [-0.4, -0.2) is 31.7 Å². The van der Waals surface area contributed by atoms with Crippen molar-refractivity contribution in [2.24, 2.45) is 5.92 Å². The molecule has 1 aliphatic heterocycles. The highest BCUT2D eigenvalue weighted by molar-refractivity contribution is 7.99. The molecular weight excluding hydrogens is 439 g/mol. The summed E-state index contributed by atoms with van der Waals surface area (Å²) in [6.07, 6.45) is 0.353. The molecule has 0 aromatic heterocycles. The average Bonchev–Trinajstić information content (AvgIpc) is 2.84. The molecule has 1 unspecified atom stereocenters. The third-order valence-electron chi connectivity index (χ3n) is 4.28. The second kappa shape index (κ2) is 8.73. The Labute approximate surface area is 177 Å². The van der Waals surface area contributed by atoms with Crippen LogP contribution >= 0.6 is 23.4 Å². The minimum atomic E-state index is -3.78. The minimum absolute atomic E-state index is 0.0310. The van der Waals surface area contributed by atoms with Crippen LogP contribution in [0.1, 0.15) is 13.3 Å². The Morgan fingerprint density at radius 3 is 2.79 bits per heavy atom. The second-order valence-electron chi connectivity index (χ2n) is 6.61. The van der Waals surface area contributed by atoms with Crippen molar-refractivity contribution in [3.8, 4) is 0 Å². The van der Waals surface area contributed by atoms with Gasteiger partial charge in [-0.3, -0.25) is 9.59 Å². The Bertz CT molecular complexity index is 1080. The van der Waals surface area contributed by atoms with Crippen LogP contribution in [0.2, 0.25) is 5.02 Å². The van der Waals surface area contributed by atoms with Gasteiger partial charge in [-0.1, -0.05) is 18.5 Å². The van der Waals surface area contributed by atoms with Crippen molar-refractivity contribution < 1.29 is 22.4 Å². The van der Waals surface area contributed by atoms with E-state index in [1.165, 1.54) is 43.0 Å². The summed E-state index contributed by atoms with van der Waals surface area (Å²) in [6, 6.07) is 8.26. The molecule has 1 atom stereocenters. The Balaban J connectivity index is 1.73. The lowest BCUT2D eigenvalue weighted by molar-refractivity contribution is -0.119. The number of halogens is 2. The van der Waals surface area contributed by atoms with Gasteiger partial charge in [0.2, 0.25) is 11.8 Å². The topological polar surface area (TPSA) is 92.3 Å². The summed E-state index contributed by atoms with van der Waals surface area (Å²) in [5.41, 5.74) is 0.729. The number of benzene rings is 2. The third-order valence-corrected chi connectivity index (χ3v) is 7.55. The highest BCUT2D eigenvalue weighted by atomic mass is 35.5. The van der Waals surface area contributed by atoms with Gasteiger partial charge in [-0.2, -0.15) is 0 Å². The van der Waals surface area contributed by atoms with Gasteiger partial charge in [0.15, 0.2) is 9.84 Å². The van der Waals surface area contributed by atoms with Crippen LogP contribution in [0.25, 0.3) is 0 Å². The normalized spacial score (nSPS) is 15.1. The molecule has 0 fully saturated rings. The van der Waals surface area contributed by atoms with Gasteiger partial charge in [-0.05, 0) is 36.4 Å². The van der Waals surface area contributed by atoms with Crippen LogP contribution in [0.15, 0.2) is 46.2 Å². The van der Waals surface area contributed by atoms with E-state index < -0.39 is 33.2 Å². The van der Waals surface area contributed by atoms with Crippen LogP contribution < -0.4 is 10.6 Å². The summed E-state index contributed by atoms with van der Waals surface area (Å²) in [4.78, 5) is 24.9. The Morgan fingerprint density at radius 1 is 1.31 bits per heavy atom. The summed E-state index contributed by atoms with van der Waals surface area (Å²) < 4.78 is 38.8. The Hall–Kier alpha value is -2.10. The van der Waals surface area contributed by atoms with Gasteiger partial charge in [0, 0.05) is 28.7 Å². The zero-order valence-electron chi connectivity index (χ0n) is 15.4. The van der Waals surface area contributed by atoms with Gasteiger partial charge in [-0.25, -0.2) is 12.8 Å². The molecule has 154 valence electrons. The Morgan fingerprint density at radius 2 is 2.07 bits per heavy atom. The lowest BCUT2D eigenvalue weighted by atomic mass is 10.2. The largest absolute Gasteiger partial charge is 0.326 e. The number of hydrogen-bond acceptors (Lipinski definition) is 5. The van der Waals surface area contributed by atoms with Crippen molar-refractivity contribution in [1.29, 1.82) is 0 Å². The van der Waals surface area contributed by atoms with Gasteiger partial charge in [-0.15, -0.1) is 11.8 Å². The van der Waals surface area contributed by atoms with E-state index in [1.807, 2.05) is 0 Å². The maximum absolute atomic E-state index is 13.2. The molecule has 2 aromatic rings. The van der Waals surface area contributed by atoms with Crippen molar-refractivity contribution in [1.82, 2.24) is 0 Å². The molecular formula is C19H18ClFN2O4S2. The molecule has 10 heteroatoms. The molecule has 2 aromatic carbocycles. The lowest BCUT2D eigenvalue weighted by Gasteiger charge is -2.14. The minimum Gasteiger partial charge on any atom is -0.326 e. The first-order valence-electron chi connectivity index (χ1n) is 8.71. The Kier molecular flexibility index (Phi) is 6.50.